The molecule has 2 aromatic carbocycles. The molecule has 0 spiro atoms. The van der Waals surface area contributed by atoms with Crippen LogP contribution in [0.2, 0.25) is 0 Å². The molecule has 0 fully saturated rings. The monoisotopic (exact) mass is 380 g/mol. The summed E-state index contributed by atoms with van der Waals surface area (Å²) < 4.78 is 5.14. The summed E-state index contributed by atoms with van der Waals surface area (Å²) in [6, 6.07) is 16.4. The summed E-state index contributed by atoms with van der Waals surface area (Å²) >= 11 is 0. The topological polar surface area (TPSA) is 41.6 Å². The quantitative estimate of drug-likeness (QED) is 0.822. The zero-order valence-corrected chi connectivity index (χ0v) is 17.5. The summed E-state index contributed by atoms with van der Waals surface area (Å²) in [5, 5.41) is 3.28. The Morgan fingerprint density at radius 3 is 2.43 bits per heavy atom. The second-order valence-electron chi connectivity index (χ2n) is 8.78. The minimum atomic E-state index is -0.0252. The van der Waals surface area contributed by atoms with Crippen LogP contribution in [0.5, 0.6) is 0 Å². The van der Waals surface area contributed by atoms with Crippen LogP contribution in [0.1, 0.15) is 47.8 Å². The Morgan fingerprint density at radius 2 is 1.79 bits per heavy atom. The van der Waals surface area contributed by atoms with Crippen molar-refractivity contribution < 1.29 is 9.53 Å². The molecule has 0 aliphatic carbocycles. The number of amides is 1. The maximum Gasteiger partial charge on any atom is 0.251 e. The van der Waals surface area contributed by atoms with Crippen molar-refractivity contribution in [3.05, 3.63) is 70.8 Å². The molecule has 0 saturated heterocycles. The first-order valence-corrected chi connectivity index (χ1v) is 10.0. The molecule has 3 rings (SSSR count). The molecule has 0 radical (unpaired) electrons. The Hall–Kier alpha value is -2.17. The number of carbonyl (C=O) groups is 1. The van der Waals surface area contributed by atoms with E-state index in [-0.39, 0.29) is 17.4 Å². The van der Waals surface area contributed by atoms with E-state index in [0.29, 0.717) is 12.2 Å². The lowest BCUT2D eigenvalue weighted by atomic mass is 9.85. The van der Waals surface area contributed by atoms with Crippen molar-refractivity contribution in [1.82, 2.24) is 10.2 Å². The van der Waals surface area contributed by atoms with Crippen LogP contribution in [0.3, 0.4) is 0 Å². The van der Waals surface area contributed by atoms with Crippen LogP contribution >= 0.6 is 0 Å². The van der Waals surface area contributed by atoms with Gasteiger partial charge in [0.1, 0.15) is 0 Å². The normalized spacial score (nSPS) is 15.7. The van der Waals surface area contributed by atoms with Gasteiger partial charge in [0.05, 0.1) is 6.61 Å². The van der Waals surface area contributed by atoms with Crippen molar-refractivity contribution in [2.75, 3.05) is 20.2 Å². The molecule has 0 bridgehead atoms. The van der Waals surface area contributed by atoms with E-state index in [1.807, 2.05) is 24.3 Å². The molecule has 1 heterocycles. The highest BCUT2D eigenvalue weighted by Gasteiger charge is 2.29. The Balaban J connectivity index is 1.66. The third-order valence-corrected chi connectivity index (χ3v) is 5.53. The largest absolute Gasteiger partial charge is 0.380 e. The van der Waals surface area contributed by atoms with E-state index in [9.17, 15) is 4.79 Å². The summed E-state index contributed by atoms with van der Waals surface area (Å²) in [6.45, 7) is 9.97. The fourth-order valence-electron chi connectivity index (χ4n) is 3.66. The molecule has 1 aliphatic rings. The number of fused-ring (bicyclic) bond motifs is 1. The molecule has 2 aromatic rings. The number of ether oxygens (including phenoxy) is 1. The van der Waals surface area contributed by atoms with E-state index in [2.05, 4.69) is 55.3 Å². The van der Waals surface area contributed by atoms with Crippen molar-refractivity contribution >= 4 is 5.91 Å². The predicted molar refractivity (Wildman–Crippen MR) is 113 cm³/mol. The Morgan fingerprint density at radius 1 is 1.11 bits per heavy atom. The number of benzene rings is 2. The Kier molecular flexibility index (Phi) is 6.53. The van der Waals surface area contributed by atoms with Gasteiger partial charge in [-0.1, -0.05) is 57.2 Å². The molecule has 1 atom stereocenters. The van der Waals surface area contributed by atoms with Crippen molar-refractivity contribution in [3.63, 3.8) is 0 Å². The van der Waals surface area contributed by atoms with Crippen molar-refractivity contribution in [2.24, 2.45) is 5.41 Å². The number of hydrogen-bond acceptors (Lipinski definition) is 3. The van der Waals surface area contributed by atoms with Crippen LogP contribution < -0.4 is 5.32 Å². The number of methoxy groups -OCH3 is 1. The minimum Gasteiger partial charge on any atom is -0.380 e. The third kappa shape index (κ3) is 5.21. The molecule has 28 heavy (non-hydrogen) atoms. The van der Waals surface area contributed by atoms with Crippen LogP contribution in [0, 0.1) is 5.41 Å². The van der Waals surface area contributed by atoms with Crippen molar-refractivity contribution in [1.29, 1.82) is 0 Å². The first-order chi connectivity index (χ1) is 13.4. The van der Waals surface area contributed by atoms with Gasteiger partial charge in [0.25, 0.3) is 5.91 Å². The van der Waals surface area contributed by atoms with Gasteiger partial charge < -0.3 is 10.1 Å². The van der Waals surface area contributed by atoms with E-state index < -0.39 is 0 Å². The summed E-state index contributed by atoms with van der Waals surface area (Å²) in [6.07, 6.45) is 1.07. The molecule has 1 amide bonds. The summed E-state index contributed by atoms with van der Waals surface area (Å²) in [5.74, 6) is -0.0127. The Labute approximate surface area is 168 Å². The molecule has 1 unspecified atom stereocenters. The highest BCUT2D eigenvalue weighted by atomic mass is 16.5. The summed E-state index contributed by atoms with van der Waals surface area (Å²) in [5.41, 5.74) is 4.59. The van der Waals surface area contributed by atoms with Gasteiger partial charge in [0.15, 0.2) is 0 Å². The van der Waals surface area contributed by atoms with Crippen LogP contribution in [0.25, 0.3) is 0 Å². The first-order valence-electron chi connectivity index (χ1n) is 10.0. The fraction of sp³-hybridized carbons (Fsp3) is 0.458. The lowest BCUT2D eigenvalue weighted by molar-refractivity contribution is 0.0863. The van der Waals surface area contributed by atoms with E-state index in [1.165, 1.54) is 11.1 Å². The van der Waals surface area contributed by atoms with E-state index >= 15 is 0 Å². The molecule has 150 valence electrons. The standard InChI is InChI=1S/C24H32N2O2/c1-24(2,3)22(16-26-14-13-19-7-5-6-8-21(19)15-26)25-23(27)20-11-9-18(10-12-20)17-28-4/h5-12,22H,13-17H2,1-4H3,(H,25,27). The average Bonchev–Trinajstić information content (AvgIpc) is 2.67. The summed E-state index contributed by atoms with van der Waals surface area (Å²) in [4.78, 5) is 15.3. The second-order valence-corrected chi connectivity index (χ2v) is 8.78. The fourth-order valence-corrected chi connectivity index (χ4v) is 3.66. The van der Waals surface area contributed by atoms with Gasteiger partial charge in [0.2, 0.25) is 0 Å². The van der Waals surface area contributed by atoms with Crippen LogP contribution in [0.4, 0.5) is 0 Å². The SMILES string of the molecule is COCc1ccc(C(=O)NC(CN2CCc3ccccc3C2)C(C)(C)C)cc1. The highest BCUT2D eigenvalue weighted by molar-refractivity contribution is 5.94. The number of nitrogens with zero attached hydrogens (tertiary/aromatic N) is 1. The zero-order valence-electron chi connectivity index (χ0n) is 17.5. The predicted octanol–water partition coefficient (Wildman–Crippen LogP) is 4.04. The molecular weight excluding hydrogens is 348 g/mol. The summed E-state index contributed by atoms with van der Waals surface area (Å²) in [7, 11) is 1.67. The third-order valence-electron chi connectivity index (χ3n) is 5.53. The molecule has 0 saturated carbocycles. The van der Waals surface area contributed by atoms with Gasteiger partial charge in [-0.2, -0.15) is 0 Å². The zero-order chi connectivity index (χ0) is 20.1. The lowest BCUT2D eigenvalue weighted by Crippen LogP contribution is -2.51. The number of nitrogens with one attached hydrogen (secondary N) is 1. The van der Waals surface area contributed by atoms with Crippen LogP contribution in [-0.2, 0) is 24.3 Å². The molecule has 4 heteroatoms. The van der Waals surface area contributed by atoms with Gasteiger partial charge in [0, 0.05) is 38.3 Å². The van der Waals surface area contributed by atoms with E-state index in [1.54, 1.807) is 7.11 Å². The Bertz CT molecular complexity index is 793. The van der Waals surface area contributed by atoms with E-state index in [4.69, 9.17) is 4.74 Å². The van der Waals surface area contributed by atoms with Gasteiger partial charge in [-0.3, -0.25) is 9.69 Å². The highest BCUT2D eigenvalue weighted by Crippen LogP contribution is 2.24. The maximum atomic E-state index is 12.9. The smallest absolute Gasteiger partial charge is 0.251 e. The van der Waals surface area contributed by atoms with Crippen LogP contribution in [0.15, 0.2) is 48.5 Å². The minimum absolute atomic E-state index is 0.0127. The van der Waals surface area contributed by atoms with Crippen molar-refractivity contribution in [3.8, 4) is 0 Å². The van der Waals surface area contributed by atoms with Crippen molar-refractivity contribution in [2.45, 2.75) is 46.4 Å². The van der Waals surface area contributed by atoms with Gasteiger partial charge in [-0.05, 0) is 40.7 Å². The van der Waals surface area contributed by atoms with Gasteiger partial charge >= 0.3 is 0 Å². The molecular formula is C24H32N2O2. The maximum absolute atomic E-state index is 12.9. The number of carbonyl (C=O) groups excluding carboxylic acids is 1. The number of hydrogen-bond donors (Lipinski definition) is 1. The second kappa shape index (κ2) is 8.89. The molecule has 4 nitrogen and oxygen atoms in total. The lowest BCUT2D eigenvalue weighted by Gasteiger charge is -2.38. The molecule has 1 N–H and O–H groups in total. The molecule has 1 aliphatic heterocycles. The van der Waals surface area contributed by atoms with Gasteiger partial charge in [-0.15, -0.1) is 0 Å². The average molecular weight is 381 g/mol. The van der Waals surface area contributed by atoms with Gasteiger partial charge in [-0.25, -0.2) is 0 Å². The van der Waals surface area contributed by atoms with E-state index in [0.717, 1.165) is 31.6 Å². The first kappa shape index (κ1) is 20.6. The molecule has 0 aromatic heterocycles. The number of rotatable bonds is 6. The van der Waals surface area contributed by atoms with Crippen LogP contribution in [-0.4, -0.2) is 37.0 Å².